The lowest BCUT2D eigenvalue weighted by atomic mass is 10.1. The van der Waals surface area contributed by atoms with Gasteiger partial charge in [0.2, 0.25) is 10.0 Å². The van der Waals surface area contributed by atoms with Crippen molar-refractivity contribution in [1.29, 1.82) is 0 Å². The normalized spacial score (nSPS) is 21.5. The predicted molar refractivity (Wildman–Crippen MR) is 85.3 cm³/mol. The highest BCUT2D eigenvalue weighted by molar-refractivity contribution is 7.89. The van der Waals surface area contributed by atoms with Crippen LogP contribution < -0.4 is 0 Å². The molecule has 1 aromatic heterocycles. The van der Waals surface area contributed by atoms with Crippen LogP contribution in [0.3, 0.4) is 0 Å². The molecule has 0 aromatic carbocycles. The van der Waals surface area contributed by atoms with Crippen LogP contribution in [-0.2, 0) is 16.2 Å². The van der Waals surface area contributed by atoms with Gasteiger partial charge in [-0.15, -0.1) is 0 Å². The topological polar surface area (TPSA) is 73.7 Å². The van der Waals surface area contributed by atoms with Crippen molar-refractivity contribution in [1.82, 2.24) is 14.2 Å². The molecule has 0 amide bonds. The summed E-state index contributed by atoms with van der Waals surface area (Å²) in [5.41, 5.74) is -2.02. The SMILES string of the molecule is C[C@@H]1CN(CC(C)(C)O)CCN1S(=O)(=O)c1ccc(C(F)(F)F)nc1. The largest absolute Gasteiger partial charge is 0.433 e. The summed E-state index contributed by atoms with van der Waals surface area (Å²) in [5.74, 6) is 0. The van der Waals surface area contributed by atoms with Gasteiger partial charge in [-0.05, 0) is 32.9 Å². The fourth-order valence-electron chi connectivity index (χ4n) is 2.90. The molecule has 1 fully saturated rings. The first-order valence-electron chi connectivity index (χ1n) is 7.80. The van der Waals surface area contributed by atoms with Crippen molar-refractivity contribution in [2.75, 3.05) is 26.2 Å². The summed E-state index contributed by atoms with van der Waals surface area (Å²) >= 11 is 0. The molecule has 1 atom stereocenters. The van der Waals surface area contributed by atoms with Crippen molar-refractivity contribution in [3.05, 3.63) is 24.0 Å². The van der Waals surface area contributed by atoms with E-state index in [0.29, 0.717) is 25.7 Å². The van der Waals surface area contributed by atoms with Gasteiger partial charge in [0.15, 0.2) is 0 Å². The first-order chi connectivity index (χ1) is 11.3. The Labute approximate surface area is 145 Å². The van der Waals surface area contributed by atoms with E-state index < -0.39 is 27.5 Å². The summed E-state index contributed by atoms with van der Waals surface area (Å²) in [5, 5.41) is 9.88. The van der Waals surface area contributed by atoms with Gasteiger partial charge >= 0.3 is 6.18 Å². The highest BCUT2D eigenvalue weighted by Gasteiger charge is 2.36. The van der Waals surface area contributed by atoms with Crippen molar-refractivity contribution in [2.24, 2.45) is 0 Å². The van der Waals surface area contributed by atoms with Crippen LogP contribution in [0, 0.1) is 0 Å². The van der Waals surface area contributed by atoms with Crippen LogP contribution in [0.1, 0.15) is 26.5 Å². The average molecular weight is 381 g/mol. The Bertz CT molecular complexity index is 699. The van der Waals surface area contributed by atoms with E-state index in [9.17, 15) is 26.7 Å². The second-order valence-corrected chi connectivity index (χ2v) is 8.78. The molecular weight excluding hydrogens is 359 g/mol. The Hall–Kier alpha value is -1.23. The number of hydrogen-bond donors (Lipinski definition) is 1. The van der Waals surface area contributed by atoms with Crippen molar-refractivity contribution >= 4 is 10.0 Å². The first kappa shape index (κ1) is 20.1. The summed E-state index contributed by atoms with van der Waals surface area (Å²) in [4.78, 5) is 4.92. The van der Waals surface area contributed by atoms with E-state index in [0.717, 1.165) is 12.3 Å². The number of halogens is 3. The van der Waals surface area contributed by atoms with E-state index in [1.807, 2.05) is 4.90 Å². The lowest BCUT2D eigenvalue weighted by Crippen LogP contribution is -2.56. The minimum absolute atomic E-state index is 0.195. The van der Waals surface area contributed by atoms with Crippen LogP contribution in [0.2, 0.25) is 0 Å². The molecule has 142 valence electrons. The van der Waals surface area contributed by atoms with Gasteiger partial charge in [0.25, 0.3) is 0 Å². The molecule has 1 saturated heterocycles. The summed E-state index contributed by atoms with van der Waals surface area (Å²) < 4.78 is 64.3. The molecule has 1 N–H and O–H groups in total. The number of nitrogens with zero attached hydrogens (tertiary/aromatic N) is 3. The second kappa shape index (κ2) is 6.82. The van der Waals surface area contributed by atoms with E-state index in [4.69, 9.17) is 0 Å². The highest BCUT2D eigenvalue weighted by atomic mass is 32.2. The van der Waals surface area contributed by atoms with Gasteiger partial charge < -0.3 is 5.11 Å². The number of pyridine rings is 1. The highest BCUT2D eigenvalue weighted by Crippen LogP contribution is 2.29. The van der Waals surface area contributed by atoms with Crippen molar-refractivity contribution in [3.8, 4) is 0 Å². The van der Waals surface area contributed by atoms with Gasteiger partial charge in [-0.2, -0.15) is 17.5 Å². The third-order valence-electron chi connectivity index (χ3n) is 3.89. The fraction of sp³-hybridized carbons (Fsp3) is 0.667. The minimum atomic E-state index is -4.61. The van der Waals surface area contributed by atoms with Crippen LogP contribution in [0.5, 0.6) is 0 Å². The van der Waals surface area contributed by atoms with Gasteiger partial charge in [0.1, 0.15) is 10.6 Å². The van der Waals surface area contributed by atoms with E-state index in [2.05, 4.69) is 4.98 Å². The molecular formula is C15H22F3N3O3S. The maximum atomic E-state index is 12.7. The molecule has 0 radical (unpaired) electrons. The second-order valence-electron chi connectivity index (χ2n) is 6.89. The monoisotopic (exact) mass is 381 g/mol. The Kier molecular flexibility index (Phi) is 5.48. The van der Waals surface area contributed by atoms with Gasteiger partial charge in [-0.3, -0.25) is 9.88 Å². The Morgan fingerprint density at radius 3 is 2.36 bits per heavy atom. The lowest BCUT2D eigenvalue weighted by Gasteiger charge is -2.40. The van der Waals surface area contributed by atoms with Crippen LogP contribution in [-0.4, -0.2) is 65.5 Å². The van der Waals surface area contributed by atoms with Crippen LogP contribution in [0.4, 0.5) is 13.2 Å². The molecule has 0 saturated carbocycles. The molecule has 1 aliphatic rings. The summed E-state index contributed by atoms with van der Waals surface area (Å²) in [6.07, 6.45) is -3.87. The summed E-state index contributed by atoms with van der Waals surface area (Å²) in [7, 11) is -3.93. The molecule has 1 aliphatic heterocycles. The van der Waals surface area contributed by atoms with Crippen LogP contribution in [0.15, 0.2) is 23.2 Å². The van der Waals surface area contributed by atoms with E-state index in [1.165, 1.54) is 4.31 Å². The smallest absolute Gasteiger partial charge is 0.389 e. The fourth-order valence-corrected chi connectivity index (χ4v) is 4.46. The molecule has 2 heterocycles. The third kappa shape index (κ3) is 4.90. The van der Waals surface area contributed by atoms with E-state index in [-0.39, 0.29) is 17.5 Å². The zero-order valence-electron chi connectivity index (χ0n) is 14.3. The Morgan fingerprint density at radius 2 is 1.92 bits per heavy atom. The lowest BCUT2D eigenvalue weighted by molar-refractivity contribution is -0.141. The van der Waals surface area contributed by atoms with Crippen molar-refractivity contribution in [2.45, 2.75) is 43.5 Å². The van der Waals surface area contributed by atoms with E-state index >= 15 is 0 Å². The van der Waals surface area contributed by atoms with Gasteiger partial charge in [0.05, 0.1) is 5.60 Å². The van der Waals surface area contributed by atoms with Gasteiger partial charge in [-0.1, -0.05) is 0 Å². The standard InChI is InChI=1S/C15H22F3N3O3S/c1-11-9-20(10-14(2,3)22)6-7-21(11)25(23,24)12-4-5-13(19-8-12)15(16,17)18/h4-5,8,11,22H,6-7,9-10H2,1-3H3/t11-/m1/s1. The number of sulfonamides is 1. The summed E-state index contributed by atoms with van der Waals surface area (Å²) in [6, 6.07) is 1.23. The number of β-amino-alcohol motifs (C(OH)–C–C–N with tert-alkyl or cyclic N) is 1. The quantitative estimate of drug-likeness (QED) is 0.857. The van der Waals surface area contributed by atoms with Crippen molar-refractivity contribution < 1.29 is 26.7 Å². The molecule has 25 heavy (non-hydrogen) atoms. The first-order valence-corrected chi connectivity index (χ1v) is 9.24. The molecule has 6 nitrogen and oxygen atoms in total. The third-order valence-corrected chi connectivity index (χ3v) is 5.89. The van der Waals surface area contributed by atoms with Gasteiger partial charge in [-0.25, -0.2) is 8.42 Å². The number of hydrogen-bond acceptors (Lipinski definition) is 5. The number of aliphatic hydroxyl groups is 1. The Balaban J connectivity index is 2.15. The molecule has 0 unspecified atom stereocenters. The predicted octanol–water partition coefficient (Wildman–Crippen LogP) is 1.57. The minimum Gasteiger partial charge on any atom is -0.389 e. The molecule has 10 heteroatoms. The van der Waals surface area contributed by atoms with Gasteiger partial charge in [0, 0.05) is 38.4 Å². The number of alkyl halides is 3. The molecule has 2 rings (SSSR count). The zero-order chi connectivity index (χ0) is 19.0. The zero-order valence-corrected chi connectivity index (χ0v) is 15.1. The van der Waals surface area contributed by atoms with Crippen molar-refractivity contribution in [3.63, 3.8) is 0 Å². The van der Waals surface area contributed by atoms with Crippen LogP contribution in [0.25, 0.3) is 0 Å². The van der Waals surface area contributed by atoms with E-state index in [1.54, 1.807) is 20.8 Å². The molecule has 1 aromatic rings. The van der Waals surface area contributed by atoms with Crippen LogP contribution >= 0.6 is 0 Å². The Morgan fingerprint density at radius 1 is 1.28 bits per heavy atom. The molecule has 0 spiro atoms. The molecule has 0 aliphatic carbocycles. The number of rotatable bonds is 4. The average Bonchev–Trinajstić information content (AvgIpc) is 2.44. The maximum absolute atomic E-state index is 12.7. The summed E-state index contributed by atoms with van der Waals surface area (Å²) in [6.45, 7) is 6.54. The number of aromatic nitrogens is 1. The number of piperazine rings is 1. The molecule has 0 bridgehead atoms. The maximum Gasteiger partial charge on any atom is 0.433 e.